The highest BCUT2D eigenvalue weighted by Gasteiger charge is 2.35. The molecule has 1 rings (SSSR count). The minimum atomic E-state index is 0. The van der Waals surface area contributed by atoms with Crippen LogP contribution >= 0.6 is 24.0 Å². The van der Waals surface area contributed by atoms with E-state index in [-0.39, 0.29) is 34.8 Å². The molecule has 0 aromatic carbocycles. The molecule has 1 fully saturated rings. The summed E-state index contributed by atoms with van der Waals surface area (Å²) in [5.41, 5.74) is 0.375. The quantitative estimate of drug-likeness (QED) is 0.357. The van der Waals surface area contributed by atoms with E-state index in [9.17, 15) is 0 Å². The number of hydrogen-bond donors (Lipinski definition) is 2. The lowest BCUT2D eigenvalue weighted by molar-refractivity contribution is -0.0835. The van der Waals surface area contributed by atoms with Crippen LogP contribution in [0.1, 0.15) is 47.5 Å². The van der Waals surface area contributed by atoms with Gasteiger partial charge < -0.3 is 20.3 Å². The summed E-state index contributed by atoms with van der Waals surface area (Å²) in [6, 6.07) is 0. The molecule has 0 radical (unpaired) electrons. The summed E-state index contributed by atoms with van der Waals surface area (Å²) in [7, 11) is 6.07. The molecule has 0 saturated carbocycles. The van der Waals surface area contributed by atoms with Gasteiger partial charge in [-0.1, -0.05) is 34.6 Å². The SMILES string of the molecule is CN=C(NCC1CCCOC1C(C)(C)C)NCC(C)(C)CN(C)C.I. The number of halogens is 1. The van der Waals surface area contributed by atoms with Gasteiger partial charge >= 0.3 is 0 Å². The monoisotopic (exact) mass is 468 g/mol. The fraction of sp³-hybridized carbons (Fsp3) is 0.947. The molecule has 2 atom stereocenters. The highest BCUT2D eigenvalue weighted by atomic mass is 127. The Labute approximate surface area is 172 Å². The van der Waals surface area contributed by atoms with E-state index < -0.39 is 0 Å². The predicted octanol–water partition coefficient (Wildman–Crippen LogP) is 3.20. The van der Waals surface area contributed by atoms with Crippen molar-refractivity contribution in [3.8, 4) is 0 Å². The van der Waals surface area contributed by atoms with Crippen molar-refractivity contribution in [2.75, 3.05) is 47.4 Å². The first-order valence-electron chi connectivity index (χ1n) is 9.26. The van der Waals surface area contributed by atoms with Crippen molar-refractivity contribution in [2.45, 2.75) is 53.6 Å². The van der Waals surface area contributed by atoms with Gasteiger partial charge in [-0.15, -0.1) is 24.0 Å². The molecule has 1 aliphatic heterocycles. The van der Waals surface area contributed by atoms with Gasteiger partial charge in [-0.05, 0) is 37.8 Å². The van der Waals surface area contributed by atoms with Gasteiger partial charge in [0.2, 0.25) is 0 Å². The van der Waals surface area contributed by atoms with Crippen LogP contribution in [0.4, 0.5) is 0 Å². The second-order valence-electron chi connectivity index (χ2n) is 9.27. The molecule has 0 amide bonds. The number of guanidine groups is 1. The average molecular weight is 468 g/mol. The van der Waals surface area contributed by atoms with Crippen LogP contribution in [0, 0.1) is 16.7 Å². The fourth-order valence-electron chi connectivity index (χ4n) is 3.69. The molecule has 1 saturated heterocycles. The number of rotatable bonds is 6. The Morgan fingerprint density at radius 1 is 1.16 bits per heavy atom. The van der Waals surface area contributed by atoms with Crippen molar-refractivity contribution in [1.82, 2.24) is 15.5 Å². The topological polar surface area (TPSA) is 48.9 Å². The van der Waals surface area contributed by atoms with Crippen LogP contribution in [0.25, 0.3) is 0 Å². The van der Waals surface area contributed by atoms with Crippen LogP contribution < -0.4 is 10.6 Å². The third kappa shape index (κ3) is 9.43. The van der Waals surface area contributed by atoms with Gasteiger partial charge in [0.25, 0.3) is 0 Å². The van der Waals surface area contributed by atoms with Gasteiger partial charge in [0.05, 0.1) is 6.10 Å². The Kier molecular flexibility index (Phi) is 10.9. The van der Waals surface area contributed by atoms with Gasteiger partial charge in [-0.25, -0.2) is 0 Å². The first-order valence-corrected chi connectivity index (χ1v) is 9.26. The van der Waals surface area contributed by atoms with Crippen molar-refractivity contribution >= 4 is 29.9 Å². The Balaban J connectivity index is 0.00000576. The summed E-state index contributed by atoms with van der Waals surface area (Å²) in [5.74, 6) is 1.42. The van der Waals surface area contributed by atoms with Crippen molar-refractivity contribution < 1.29 is 4.74 Å². The molecular weight excluding hydrogens is 427 g/mol. The van der Waals surface area contributed by atoms with Gasteiger partial charge in [0.1, 0.15) is 0 Å². The van der Waals surface area contributed by atoms with Gasteiger partial charge in [-0.2, -0.15) is 0 Å². The van der Waals surface area contributed by atoms with E-state index in [0.717, 1.165) is 38.6 Å². The molecule has 0 aliphatic carbocycles. The standard InChI is InChI=1S/C19H40N4O.HI/c1-18(2,3)16-15(10-9-11-24-16)12-21-17(20-6)22-13-19(4,5)14-23(7)8;/h15-16H,9-14H2,1-8H3,(H2,20,21,22);1H. The zero-order chi connectivity index (χ0) is 18.4. The first kappa shape index (κ1) is 24.9. The minimum absolute atomic E-state index is 0. The summed E-state index contributed by atoms with van der Waals surface area (Å²) in [6.45, 7) is 15.1. The molecule has 0 aromatic heterocycles. The van der Waals surface area contributed by atoms with Crippen LogP contribution in [0.5, 0.6) is 0 Å². The number of aliphatic imine (C=N–C) groups is 1. The van der Waals surface area contributed by atoms with Gasteiger partial charge in [0.15, 0.2) is 5.96 Å². The van der Waals surface area contributed by atoms with Crippen LogP contribution in [-0.4, -0.2) is 64.3 Å². The van der Waals surface area contributed by atoms with E-state index in [4.69, 9.17) is 4.74 Å². The van der Waals surface area contributed by atoms with Crippen molar-refractivity contribution in [3.63, 3.8) is 0 Å². The van der Waals surface area contributed by atoms with Crippen molar-refractivity contribution in [2.24, 2.45) is 21.7 Å². The second-order valence-corrected chi connectivity index (χ2v) is 9.27. The Morgan fingerprint density at radius 3 is 2.32 bits per heavy atom. The molecule has 25 heavy (non-hydrogen) atoms. The molecular formula is C19H41IN4O. The fourth-order valence-corrected chi connectivity index (χ4v) is 3.69. The van der Waals surface area contributed by atoms with Crippen molar-refractivity contribution in [3.05, 3.63) is 0 Å². The Morgan fingerprint density at radius 2 is 1.80 bits per heavy atom. The van der Waals surface area contributed by atoms with Gasteiger partial charge in [0, 0.05) is 39.2 Å². The summed E-state index contributed by atoms with van der Waals surface area (Å²) in [5, 5.41) is 6.99. The highest BCUT2D eigenvalue weighted by Crippen LogP contribution is 2.33. The third-order valence-corrected chi connectivity index (χ3v) is 4.53. The molecule has 1 aliphatic rings. The summed E-state index contributed by atoms with van der Waals surface area (Å²) >= 11 is 0. The summed E-state index contributed by atoms with van der Waals surface area (Å²) < 4.78 is 6.07. The van der Waals surface area contributed by atoms with E-state index in [1.54, 1.807) is 0 Å². The number of nitrogens with one attached hydrogen (secondary N) is 2. The van der Waals surface area contributed by atoms with Crippen LogP contribution in [0.3, 0.4) is 0 Å². The zero-order valence-electron chi connectivity index (χ0n) is 17.6. The second kappa shape index (κ2) is 10.9. The Hall–Kier alpha value is -0.0800. The molecule has 5 nitrogen and oxygen atoms in total. The van der Waals surface area contributed by atoms with Gasteiger partial charge in [-0.3, -0.25) is 4.99 Å². The smallest absolute Gasteiger partial charge is 0.191 e. The molecule has 2 unspecified atom stereocenters. The normalized spacial score (nSPS) is 22.5. The van der Waals surface area contributed by atoms with E-state index in [2.05, 4.69) is 69.2 Å². The summed E-state index contributed by atoms with van der Waals surface area (Å²) in [6.07, 6.45) is 2.68. The molecule has 0 spiro atoms. The Bertz CT molecular complexity index is 405. The predicted molar refractivity (Wildman–Crippen MR) is 119 cm³/mol. The zero-order valence-corrected chi connectivity index (χ0v) is 19.9. The lowest BCUT2D eigenvalue weighted by Crippen LogP contribution is -2.49. The first-order chi connectivity index (χ1) is 11.0. The lowest BCUT2D eigenvalue weighted by Gasteiger charge is -2.40. The highest BCUT2D eigenvalue weighted by molar-refractivity contribution is 14.0. The van der Waals surface area contributed by atoms with Crippen LogP contribution in [0.15, 0.2) is 4.99 Å². The maximum atomic E-state index is 6.07. The molecule has 1 heterocycles. The molecule has 0 bridgehead atoms. The molecule has 2 N–H and O–H groups in total. The maximum Gasteiger partial charge on any atom is 0.191 e. The molecule has 6 heteroatoms. The number of nitrogens with zero attached hydrogens (tertiary/aromatic N) is 2. The molecule has 150 valence electrons. The third-order valence-electron chi connectivity index (χ3n) is 4.53. The van der Waals surface area contributed by atoms with E-state index in [0.29, 0.717) is 12.0 Å². The van der Waals surface area contributed by atoms with Crippen LogP contribution in [-0.2, 0) is 4.74 Å². The van der Waals surface area contributed by atoms with E-state index >= 15 is 0 Å². The van der Waals surface area contributed by atoms with E-state index in [1.807, 2.05) is 7.05 Å². The summed E-state index contributed by atoms with van der Waals surface area (Å²) in [4.78, 5) is 6.61. The number of hydrogen-bond acceptors (Lipinski definition) is 3. The largest absolute Gasteiger partial charge is 0.377 e. The van der Waals surface area contributed by atoms with Crippen LogP contribution in [0.2, 0.25) is 0 Å². The number of ether oxygens (including phenoxy) is 1. The average Bonchev–Trinajstić information content (AvgIpc) is 2.45. The molecule has 0 aromatic rings. The maximum absolute atomic E-state index is 6.07. The lowest BCUT2D eigenvalue weighted by atomic mass is 9.78. The van der Waals surface area contributed by atoms with Crippen molar-refractivity contribution in [1.29, 1.82) is 0 Å². The minimum Gasteiger partial charge on any atom is -0.377 e. The van der Waals surface area contributed by atoms with E-state index in [1.165, 1.54) is 6.42 Å².